The summed E-state index contributed by atoms with van der Waals surface area (Å²) in [6.45, 7) is 4.02. The Morgan fingerprint density at radius 2 is 1.67 bits per heavy atom. The molecule has 1 aliphatic heterocycles. The zero-order valence-electron chi connectivity index (χ0n) is 15.9. The van der Waals surface area contributed by atoms with E-state index >= 15 is 0 Å². The normalized spacial score (nSPS) is 15.6. The van der Waals surface area contributed by atoms with E-state index in [-0.39, 0.29) is 5.02 Å². The van der Waals surface area contributed by atoms with Gasteiger partial charge in [0.05, 0.1) is 17.1 Å². The molecule has 1 fully saturated rings. The molecule has 0 spiro atoms. The van der Waals surface area contributed by atoms with E-state index in [9.17, 15) is 13.2 Å². The highest BCUT2D eigenvalue weighted by molar-refractivity contribution is 6.31. The number of hydrogen-bond donors (Lipinski definition) is 0. The zero-order chi connectivity index (χ0) is 21.3. The van der Waals surface area contributed by atoms with Crippen LogP contribution < -0.4 is 4.90 Å². The molecule has 0 unspecified atom stereocenters. The molecule has 0 aliphatic carbocycles. The highest BCUT2D eigenvalue weighted by atomic mass is 35.5. The Labute approximate surface area is 182 Å². The van der Waals surface area contributed by atoms with Crippen molar-refractivity contribution in [3.63, 3.8) is 0 Å². The van der Waals surface area contributed by atoms with Crippen LogP contribution in [0.1, 0.15) is 11.3 Å². The van der Waals surface area contributed by atoms with E-state index in [2.05, 4.69) is 9.80 Å². The average molecular weight is 455 g/mol. The van der Waals surface area contributed by atoms with E-state index < -0.39 is 11.7 Å². The Kier molecular flexibility index (Phi) is 6.00. The Morgan fingerprint density at radius 3 is 2.37 bits per heavy atom. The minimum atomic E-state index is -4.51. The number of furan rings is 1. The standard InChI is InChI=1S/C22H19Cl2F3N2O/c23-16-2-1-3-17(13-16)29-10-8-28(9-11-29)14-18-5-7-21(30-18)15-4-6-20(24)19(12-15)22(25,26)27/h1-7,12-13H,8-11,14H2. The summed E-state index contributed by atoms with van der Waals surface area (Å²) in [5.74, 6) is 1.11. The molecule has 3 aromatic rings. The first-order chi connectivity index (χ1) is 14.3. The van der Waals surface area contributed by atoms with Gasteiger partial charge in [0.25, 0.3) is 0 Å². The highest BCUT2D eigenvalue weighted by Crippen LogP contribution is 2.37. The van der Waals surface area contributed by atoms with Crippen LogP contribution in [-0.2, 0) is 12.7 Å². The Balaban J connectivity index is 1.40. The predicted molar refractivity (Wildman–Crippen MR) is 113 cm³/mol. The van der Waals surface area contributed by atoms with Crippen LogP contribution in [0.4, 0.5) is 18.9 Å². The lowest BCUT2D eigenvalue weighted by Crippen LogP contribution is -2.45. The largest absolute Gasteiger partial charge is 0.460 e. The van der Waals surface area contributed by atoms with Crippen LogP contribution in [-0.4, -0.2) is 31.1 Å². The minimum absolute atomic E-state index is 0.324. The predicted octanol–water partition coefficient (Wildman–Crippen LogP) is 6.59. The van der Waals surface area contributed by atoms with Crippen LogP contribution in [0.2, 0.25) is 10.0 Å². The van der Waals surface area contributed by atoms with Crippen molar-refractivity contribution in [3.8, 4) is 11.3 Å². The summed E-state index contributed by atoms with van der Waals surface area (Å²) >= 11 is 11.8. The second kappa shape index (κ2) is 8.53. The molecule has 0 bridgehead atoms. The first-order valence-corrected chi connectivity index (χ1v) is 10.2. The molecule has 1 aliphatic rings. The highest BCUT2D eigenvalue weighted by Gasteiger charge is 2.33. The molecule has 3 nitrogen and oxygen atoms in total. The van der Waals surface area contributed by atoms with Crippen molar-refractivity contribution in [1.82, 2.24) is 4.90 Å². The molecule has 1 aromatic heterocycles. The van der Waals surface area contributed by atoms with Crippen molar-refractivity contribution in [2.45, 2.75) is 12.7 Å². The number of alkyl halides is 3. The molecule has 0 atom stereocenters. The van der Waals surface area contributed by atoms with Crippen LogP contribution in [0.5, 0.6) is 0 Å². The van der Waals surface area contributed by atoms with Crippen molar-refractivity contribution < 1.29 is 17.6 Å². The van der Waals surface area contributed by atoms with E-state index in [1.165, 1.54) is 12.1 Å². The van der Waals surface area contributed by atoms with Crippen molar-refractivity contribution >= 4 is 28.9 Å². The monoisotopic (exact) mass is 454 g/mol. The van der Waals surface area contributed by atoms with E-state index in [0.717, 1.165) is 37.9 Å². The van der Waals surface area contributed by atoms with Gasteiger partial charge >= 0.3 is 6.18 Å². The van der Waals surface area contributed by atoms with Gasteiger partial charge in [0, 0.05) is 42.5 Å². The minimum Gasteiger partial charge on any atom is -0.460 e. The lowest BCUT2D eigenvalue weighted by Gasteiger charge is -2.35. The zero-order valence-corrected chi connectivity index (χ0v) is 17.4. The number of nitrogens with zero attached hydrogens (tertiary/aromatic N) is 2. The van der Waals surface area contributed by atoms with Gasteiger partial charge in [0.1, 0.15) is 11.5 Å². The molecule has 2 heterocycles. The summed E-state index contributed by atoms with van der Waals surface area (Å²) in [5, 5.41) is 0.393. The SMILES string of the molecule is FC(F)(F)c1cc(-c2ccc(CN3CCN(c4cccc(Cl)c4)CC3)o2)ccc1Cl. The fourth-order valence-corrected chi connectivity index (χ4v) is 3.98. The third-order valence-corrected chi connectivity index (χ3v) is 5.71. The van der Waals surface area contributed by atoms with Gasteiger partial charge in [0.15, 0.2) is 0 Å². The maximum Gasteiger partial charge on any atom is 0.417 e. The van der Waals surface area contributed by atoms with Gasteiger partial charge < -0.3 is 9.32 Å². The van der Waals surface area contributed by atoms with Crippen LogP contribution in [0.15, 0.2) is 59.0 Å². The Morgan fingerprint density at radius 1 is 0.900 bits per heavy atom. The maximum atomic E-state index is 13.1. The molecule has 2 aromatic carbocycles. The van der Waals surface area contributed by atoms with E-state index in [1.807, 2.05) is 24.3 Å². The van der Waals surface area contributed by atoms with Gasteiger partial charge in [-0.15, -0.1) is 0 Å². The number of hydrogen-bond acceptors (Lipinski definition) is 3. The summed E-state index contributed by atoms with van der Waals surface area (Å²) in [6.07, 6.45) is -4.51. The molecular weight excluding hydrogens is 436 g/mol. The fraction of sp³-hybridized carbons (Fsp3) is 0.273. The molecule has 8 heteroatoms. The fourth-order valence-electron chi connectivity index (χ4n) is 3.57. The average Bonchev–Trinajstić information content (AvgIpc) is 3.16. The molecule has 30 heavy (non-hydrogen) atoms. The number of halogens is 5. The van der Waals surface area contributed by atoms with Crippen LogP contribution in [0.25, 0.3) is 11.3 Å². The lowest BCUT2D eigenvalue weighted by molar-refractivity contribution is -0.137. The molecule has 158 valence electrons. The summed E-state index contributed by atoms with van der Waals surface area (Å²) in [4.78, 5) is 4.54. The third-order valence-electron chi connectivity index (χ3n) is 5.14. The number of rotatable bonds is 4. The first-order valence-electron chi connectivity index (χ1n) is 9.48. The molecule has 0 amide bonds. The number of anilines is 1. The summed E-state index contributed by atoms with van der Waals surface area (Å²) in [6, 6.07) is 15.1. The van der Waals surface area contributed by atoms with Gasteiger partial charge in [-0.3, -0.25) is 4.90 Å². The molecule has 4 rings (SSSR count). The van der Waals surface area contributed by atoms with Crippen LogP contribution in [0, 0.1) is 0 Å². The van der Waals surface area contributed by atoms with Crippen LogP contribution in [0.3, 0.4) is 0 Å². The van der Waals surface area contributed by atoms with Gasteiger partial charge in [0.2, 0.25) is 0 Å². The molecular formula is C22H19Cl2F3N2O. The van der Waals surface area contributed by atoms with Gasteiger partial charge in [-0.1, -0.05) is 29.3 Å². The molecule has 0 N–H and O–H groups in total. The van der Waals surface area contributed by atoms with Gasteiger partial charge in [-0.2, -0.15) is 13.2 Å². The van der Waals surface area contributed by atoms with Crippen molar-refractivity contribution in [2.75, 3.05) is 31.1 Å². The second-order valence-corrected chi connectivity index (χ2v) is 8.05. The van der Waals surface area contributed by atoms with Crippen molar-refractivity contribution in [1.29, 1.82) is 0 Å². The van der Waals surface area contributed by atoms with E-state index in [4.69, 9.17) is 27.6 Å². The van der Waals surface area contributed by atoms with Gasteiger partial charge in [-0.05, 0) is 48.5 Å². The molecule has 1 saturated heterocycles. The topological polar surface area (TPSA) is 19.6 Å². The van der Waals surface area contributed by atoms with E-state index in [1.54, 1.807) is 12.1 Å². The molecule has 0 radical (unpaired) electrons. The second-order valence-electron chi connectivity index (χ2n) is 7.20. The summed E-state index contributed by atoms with van der Waals surface area (Å²) in [7, 11) is 0. The summed E-state index contributed by atoms with van der Waals surface area (Å²) < 4.78 is 45.1. The van der Waals surface area contributed by atoms with E-state index in [0.29, 0.717) is 28.7 Å². The Bertz CT molecular complexity index is 1030. The first kappa shape index (κ1) is 21.1. The molecule has 0 saturated carbocycles. The third kappa shape index (κ3) is 4.77. The number of piperazine rings is 1. The van der Waals surface area contributed by atoms with Crippen molar-refractivity contribution in [2.24, 2.45) is 0 Å². The summed E-state index contributed by atoms with van der Waals surface area (Å²) in [5.41, 5.74) is 0.589. The lowest BCUT2D eigenvalue weighted by atomic mass is 10.1. The smallest absolute Gasteiger partial charge is 0.417 e. The van der Waals surface area contributed by atoms with Gasteiger partial charge in [-0.25, -0.2) is 0 Å². The van der Waals surface area contributed by atoms with Crippen molar-refractivity contribution in [3.05, 3.63) is 76.0 Å². The van der Waals surface area contributed by atoms with Crippen LogP contribution >= 0.6 is 23.2 Å². The quantitative estimate of drug-likeness (QED) is 0.442. The number of benzene rings is 2. The Hall–Kier alpha value is -2.15. The maximum absolute atomic E-state index is 13.1.